The van der Waals surface area contributed by atoms with Crippen molar-refractivity contribution in [3.63, 3.8) is 0 Å². The molecule has 7 heteroatoms. The molecule has 3 unspecified atom stereocenters. The van der Waals surface area contributed by atoms with Crippen molar-refractivity contribution in [1.29, 1.82) is 0 Å². The van der Waals surface area contributed by atoms with Gasteiger partial charge in [0.1, 0.15) is 13.2 Å². The van der Waals surface area contributed by atoms with Crippen molar-refractivity contribution in [2.24, 2.45) is 17.8 Å². The summed E-state index contributed by atoms with van der Waals surface area (Å²) in [5.41, 5.74) is 2.29. The number of anilines is 1. The van der Waals surface area contributed by atoms with Crippen LogP contribution < -0.4 is 14.4 Å². The van der Waals surface area contributed by atoms with Gasteiger partial charge >= 0.3 is 0 Å². The highest BCUT2D eigenvalue weighted by molar-refractivity contribution is 6.00. The Balaban J connectivity index is 1.11. The number of benzene rings is 1. The van der Waals surface area contributed by atoms with Crippen LogP contribution in [0.25, 0.3) is 0 Å². The fraction of sp³-hybridized carbons (Fsp3) is 0.643. The lowest BCUT2D eigenvalue weighted by Crippen LogP contribution is -2.60. The number of carbonyl (C=O) groups excluding carboxylic acids is 2. The Morgan fingerprint density at radius 1 is 1.00 bits per heavy atom. The highest BCUT2D eigenvalue weighted by Gasteiger charge is 2.48. The maximum absolute atomic E-state index is 13.9. The molecule has 2 amide bonds. The van der Waals surface area contributed by atoms with Crippen LogP contribution in [0.1, 0.15) is 44.9 Å². The minimum Gasteiger partial charge on any atom is -0.486 e. The van der Waals surface area contributed by atoms with E-state index in [4.69, 9.17) is 9.47 Å². The van der Waals surface area contributed by atoms with Crippen LogP contribution in [0.15, 0.2) is 29.8 Å². The third-order valence-corrected chi connectivity index (χ3v) is 9.25. The van der Waals surface area contributed by atoms with Gasteiger partial charge in [-0.15, -0.1) is 0 Å². The molecule has 186 valence electrons. The molecule has 1 aromatic rings. The maximum Gasteiger partial charge on any atom is 0.228 e. The summed E-state index contributed by atoms with van der Waals surface area (Å²) in [6.07, 6.45) is 10.2. The van der Waals surface area contributed by atoms with Crippen LogP contribution in [-0.4, -0.2) is 73.1 Å². The van der Waals surface area contributed by atoms with Gasteiger partial charge in [-0.05, 0) is 62.6 Å². The number of hydrogen-bond acceptors (Lipinski definition) is 5. The monoisotopic (exact) mass is 477 g/mol. The minimum atomic E-state index is -0.279. The van der Waals surface area contributed by atoms with Crippen molar-refractivity contribution in [1.82, 2.24) is 9.80 Å². The number of rotatable bonds is 2. The standard InChI is InChI=1S/C28H35N3O4/c32-26-14-21(17-31(26)22-6-7-24-25(15-22)35-11-10-34-24)28(33)30-9-3-4-18-12-19-13-20(27(18)30)16-29-8-2-1-5-23(19)29/h6-7,12,15,19-21,23,27H,1-5,8-11,13-14,16-17H2/t19-,20-,21?,23?,27?/m0/s1. The molecule has 1 aliphatic carbocycles. The zero-order valence-corrected chi connectivity index (χ0v) is 20.4. The van der Waals surface area contributed by atoms with E-state index >= 15 is 0 Å². The Morgan fingerprint density at radius 3 is 2.80 bits per heavy atom. The minimum absolute atomic E-state index is 0.0188. The number of piperidine rings is 3. The molecule has 4 fully saturated rings. The van der Waals surface area contributed by atoms with Gasteiger partial charge in [-0.3, -0.25) is 14.5 Å². The Kier molecular flexibility index (Phi) is 5.30. The predicted molar refractivity (Wildman–Crippen MR) is 132 cm³/mol. The number of ether oxygens (including phenoxy) is 2. The molecule has 0 saturated carbocycles. The van der Waals surface area contributed by atoms with E-state index in [9.17, 15) is 9.59 Å². The van der Waals surface area contributed by atoms with Gasteiger partial charge in [-0.25, -0.2) is 0 Å². The summed E-state index contributed by atoms with van der Waals surface area (Å²) in [6, 6.07) is 6.58. The van der Waals surface area contributed by atoms with Crippen molar-refractivity contribution in [2.45, 2.75) is 57.0 Å². The Hall–Kier alpha value is -2.54. The van der Waals surface area contributed by atoms with E-state index in [1.54, 1.807) is 4.90 Å². The van der Waals surface area contributed by atoms with Crippen LogP contribution in [0, 0.1) is 17.8 Å². The van der Waals surface area contributed by atoms with Gasteiger partial charge in [0, 0.05) is 43.9 Å². The second-order valence-electron chi connectivity index (χ2n) is 11.3. The SMILES string of the molecule is O=C1CC(C(=O)N2CCCC3=C[C@H]4C[C@@H](CN5CCCCC45)C32)CN1c1ccc2c(c1)OCCO2. The molecule has 1 aromatic carbocycles. The molecule has 0 N–H and O–H groups in total. The Bertz CT molecular complexity index is 1070. The summed E-state index contributed by atoms with van der Waals surface area (Å²) in [5, 5.41) is 0. The predicted octanol–water partition coefficient (Wildman–Crippen LogP) is 3.23. The first-order valence-corrected chi connectivity index (χ1v) is 13.6. The van der Waals surface area contributed by atoms with Gasteiger partial charge in [0.25, 0.3) is 0 Å². The van der Waals surface area contributed by atoms with E-state index in [2.05, 4.69) is 15.9 Å². The van der Waals surface area contributed by atoms with E-state index < -0.39 is 0 Å². The zero-order valence-electron chi connectivity index (χ0n) is 20.4. The van der Waals surface area contributed by atoms with E-state index in [1.165, 1.54) is 37.8 Å². The van der Waals surface area contributed by atoms with Crippen LogP contribution in [0.5, 0.6) is 11.5 Å². The van der Waals surface area contributed by atoms with E-state index in [0.717, 1.165) is 31.6 Å². The fourth-order valence-electron chi connectivity index (χ4n) is 7.78. The van der Waals surface area contributed by atoms with Crippen LogP contribution in [0.4, 0.5) is 5.69 Å². The molecule has 7 nitrogen and oxygen atoms in total. The highest BCUT2D eigenvalue weighted by Crippen LogP contribution is 2.46. The average molecular weight is 478 g/mol. The Labute approximate surface area is 207 Å². The molecular weight excluding hydrogens is 442 g/mol. The highest BCUT2D eigenvalue weighted by atomic mass is 16.6. The summed E-state index contributed by atoms with van der Waals surface area (Å²) >= 11 is 0. The first kappa shape index (κ1) is 21.7. The molecule has 7 rings (SSSR count). The zero-order chi connectivity index (χ0) is 23.5. The molecule has 4 saturated heterocycles. The lowest BCUT2D eigenvalue weighted by atomic mass is 9.68. The van der Waals surface area contributed by atoms with Crippen LogP contribution in [0.2, 0.25) is 0 Å². The second kappa shape index (κ2) is 8.54. The van der Waals surface area contributed by atoms with E-state index in [0.29, 0.717) is 49.1 Å². The van der Waals surface area contributed by atoms with Gasteiger partial charge in [0.05, 0.1) is 12.0 Å². The summed E-state index contributed by atoms with van der Waals surface area (Å²) in [4.78, 5) is 33.6. The first-order chi connectivity index (χ1) is 17.2. The molecule has 6 aliphatic rings. The summed E-state index contributed by atoms with van der Waals surface area (Å²) in [7, 11) is 0. The van der Waals surface area contributed by atoms with Crippen LogP contribution in [0.3, 0.4) is 0 Å². The van der Waals surface area contributed by atoms with Crippen molar-refractivity contribution in [3.8, 4) is 11.5 Å². The molecule has 0 spiro atoms. The van der Waals surface area contributed by atoms with Gasteiger partial charge < -0.3 is 19.3 Å². The number of hydrogen-bond donors (Lipinski definition) is 0. The maximum atomic E-state index is 13.9. The van der Waals surface area contributed by atoms with Gasteiger partial charge in [0.15, 0.2) is 11.5 Å². The van der Waals surface area contributed by atoms with E-state index in [1.807, 2.05) is 18.2 Å². The molecule has 0 radical (unpaired) electrons. The fourth-order valence-corrected chi connectivity index (χ4v) is 7.78. The molecule has 5 atom stereocenters. The molecule has 2 bridgehead atoms. The number of fused-ring (bicyclic) bond motifs is 7. The average Bonchev–Trinajstić information content (AvgIpc) is 3.29. The van der Waals surface area contributed by atoms with Gasteiger partial charge in [-0.2, -0.15) is 0 Å². The topological polar surface area (TPSA) is 62.3 Å². The number of likely N-dealkylation sites (tertiary alicyclic amines) is 1. The summed E-state index contributed by atoms with van der Waals surface area (Å²) in [5.74, 6) is 2.49. The lowest BCUT2D eigenvalue weighted by Gasteiger charge is -2.55. The summed E-state index contributed by atoms with van der Waals surface area (Å²) < 4.78 is 11.3. The second-order valence-corrected chi connectivity index (χ2v) is 11.3. The third kappa shape index (κ3) is 3.65. The quantitative estimate of drug-likeness (QED) is 0.612. The smallest absolute Gasteiger partial charge is 0.228 e. The van der Waals surface area contributed by atoms with E-state index in [-0.39, 0.29) is 30.2 Å². The van der Waals surface area contributed by atoms with Gasteiger partial charge in [0.2, 0.25) is 11.8 Å². The number of nitrogens with zero attached hydrogens (tertiary/aromatic N) is 3. The Morgan fingerprint density at radius 2 is 1.89 bits per heavy atom. The van der Waals surface area contributed by atoms with Crippen molar-refractivity contribution < 1.29 is 19.1 Å². The normalized spacial score (nSPS) is 34.2. The molecule has 5 aliphatic heterocycles. The van der Waals surface area contributed by atoms with Crippen molar-refractivity contribution in [2.75, 3.05) is 44.3 Å². The van der Waals surface area contributed by atoms with Crippen LogP contribution >= 0.6 is 0 Å². The largest absolute Gasteiger partial charge is 0.486 e. The lowest BCUT2D eigenvalue weighted by molar-refractivity contribution is -0.140. The molecule has 0 aromatic heterocycles. The van der Waals surface area contributed by atoms with Crippen molar-refractivity contribution >= 4 is 17.5 Å². The third-order valence-electron chi connectivity index (χ3n) is 9.25. The molecule has 5 heterocycles. The summed E-state index contributed by atoms with van der Waals surface area (Å²) in [6.45, 7) is 4.65. The van der Waals surface area contributed by atoms with Crippen molar-refractivity contribution in [3.05, 3.63) is 29.8 Å². The molecular formula is C28H35N3O4. The molecule has 35 heavy (non-hydrogen) atoms. The number of amides is 2. The number of carbonyl (C=O) groups is 2. The van der Waals surface area contributed by atoms with Crippen LogP contribution in [-0.2, 0) is 9.59 Å². The first-order valence-electron chi connectivity index (χ1n) is 13.6. The van der Waals surface area contributed by atoms with Gasteiger partial charge in [-0.1, -0.05) is 18.1 Å².